The highest BCUT2D eigenvalue weighted by atomic mass is 19.4. The second kappa shape index (κ2) is 5.05. The Morgan fingerprint density at radius 1 is 1.29 bits per heavy atom. The van der Waals surface area contributed by atoms with E-state index in [0.717, 1.165) is 42.9 Å². The Morgan fingerprint density at radius 3 is 2.62 bits per heavy atom. The molecule has 1 unspecified atom stereocenters. The standard InChI is InChI=1S/C14H15F3N4/c1-2-12-19-13-18-8-7-11(21(13)20-12)9-3-5-10(6-4-9)14(15,16)17/h3-6,11H,2,7-8H2,1H3,(H,18,19,20). The maximum Gasteiger partial charge on any atom is 0.416 e. The van der Waals surface area contributed by atoms with Crippen molar-refractivity contribution < 1.29 is 13.2 Å². The minimum atomic E-state index is -4.31. The molecule has 0 aliphatic carbocycles. The van der Waals surface area contributed by atoms with Gasteiger partial charge in [-0.1, -0.05) is 19.1 Å². The van der Waals surface area contributed by atoms with Crippen LogP contribution in [0.3, 0.4) is 0 Å². The summed E-state index contributed by atoms with van der Waals surface area (Å²) in [5.41, 5.74) is 0.187. The summed E-state index contributed by atoms with van der Waals surface area (Å²) in [6.45, 7) is 2.70. The van der Waals surface area contributed by atoms with Gasteiger partial charge in [-0.3, -0.25) is 0 Å². The largest absolute Gasteiger partial charge is 0.416 e. The number of rotatable bonds is 2. The lowest BCUT2D eigenvalue weighted by Gasteiger charge is -2.25. The van der Waals surface area contributed by atoms with Gasteiger partial charge >= 0.3 is 6.18 Å². The van der Waals surface area contributed by atoms with E-state index in [1.54, 1.807) is 4.68 Å². The second-order valence-electron chi connectivity index (χ2n) is 5.00. The number of aromatic nitrogens is 3. The molecule has 0 spiro atoms. The molecule has 0 bridgehead atoms. The fraction of sp³-hybridized carbons (Fsp3) is 0.429. The molecule has 0 saturated heterocycles. The zero-order valence-corrected chi connectivity index (χ0v) is 11.5. The van der Waals surface area contributed by atoms with Gasteiger partial charge in [0.1, 0.15) is 0 Å². The van der Waals surface area contributed by atoms with Crippen molar-refractivity contribution >= 4 is 5.95 Å². The summed E-state index contributed by atoms with van der Waals surface area (Å²) in [6, 6.07) is 5.21. The van der Waals surface area contributed by atoms with Crippen molar-refractivity contribution in [2.24, 2.45) is 0 Å². The van der Waals surface area contributed by atoms with Crippen LogP contribution in [0.2, 0.25) is 0 Å². The van der Waals surface area contributed by atoms with E-state index in [9.17, 15) is 13.2 Å². The fourth-order valence-corrected chi connectivity index (χ4v) is 2.50. The van der Waals surface area contributed by atoms with Crippen LogP contribution in [0.25, 0.3) is 0 Å². The van der Waals surface area contributed by atoms with E-state index in [1.165, 1.54) is 12.1 Å². The van der Waals surface area contributed by atoms with Crippen molar-refractivity contribution in [2.75, 3.05) is 11.9 Å². The van der Waals surface area contributed by atoms with Crippen LogP contribution in [0, 0.1) is 0 Å². The Balaban J connectivity index is 1.93. The van der Waals surface area contributed by atoms with Crippen LogP contribution in [0.1, 0.15) is 36.3 Å². The highest BCUT2D eigenvalue weighted by Crippen LogP contribution is 2.32. The topological polar surface area (TPSA) is 42.7 Å². The lowest BCUT2D eigenvalue weighted by atomic mass is 10.0. The predicted octanol–water partition coefficient (Wildman–Crippen LogP) is 3.26. The average molecular weight is 296 g/mol. The number of nitrogens with zero attached hydrogens (tertiary/aromatic N) is 3. The molecule has 1 atom stereocenters. The van der Waals surface area contributed by atoms with E-state index in [0.29, 0.717) is 5.95 Å². The van der Waals surface area contributed by atoms with Crippen LogP contribution in [-0.4, -0.2) is 21.3 Å². The van der Waals surface area contributed by atoms with Crippen LogP contribution >= 0.6 is 0 Å². The number of benzene rings is 1. The van der Waals surface area contributed by atoms with Gasteiger partial charge in [-0.15, -0.1) is 0 Å². The maximum absolute atomic E-state index is 12.6. The molecule has 1 aliphatic rings. The Morgan fingerprint density at radius 2 is 2.00 bits per heavy atom. The maximum atomic E-state index is 12.6. The molecule has 1 aliphatic heterocycles. The quantitative estimate of drug-likeness (QED) is 0.925. The van der Waals surface area contributed by atoms with Crippen LogP contribution in [-0.2, 0) is 12.6 Å². The Kier molecular flexibility index (Phi) is 3.35. The summed E-state index contributed by atoms with van der Waals surface area (Å²) in [5.74, 6) is 1.42. The van der Waals surface area contributed by atoms with Crippen LogP contribution in [0.4, 0.5) is 19.1 Å². The molecule has 1 N–H and O–H groups in total. The van der Waals surface area contributed by atoms with E-state index in [-0.39, 0.29) is 6.04 Å². The minimum absolute atomic E-state index is 0.0728. The highest BCUT2D eigenvalue weighted by Gasteiger charge is 2.31. The molecule has 1 aromatic carbocycles. The van der Waals surface area contributed by atoms with Gasteiger partial charge in [-0.05, 0) is 24.1 Å². The highest BCUT2D eigenvalue weighted by molar-refractivity contribution is 5.34. The van der Waals surface area contributed by atoms with Gasteiger partial charge in [0, 0.05) is 13.0 Å². The van der Waals surface area contributed by atoms with Gasteiger partial charge in [-0.2, -0.15) is 23.3 Å². The van der Waals surface area contributed by atoms with Gasteiger partial charge in [0.2, 0.25) is 5.95 Å². The van der Waals surface area contributed by atoms with Crippen LogP contribution in [0.15, 0.2) is 24.3 Å². The van der Waals surface area contributed by atoms with Gasteiger partial charge in [0.15, 0.2) is 5.82 Å². The molecular formula is C14H15F3N4. The third-order valence-corrected chi connectivity index (χ3v) is 3.61. The molecule has 7 heteroatoms. The van der Waals surface area contributed by atoms with Crippen molar-refractivity contribution in [1.29, 1.82) is 0 Å². The molecule has 2 aromatic rings. The van der Waals surface area contributed by atoms with Crippen LogP contribution in [0.5, 0.6) is 0 Å². The van der Waals surface area contributed by atoms with Gasteiger partial charge in [0.05, 0.1) is 11.6 Å². The average Bonchev–Trinajstić information content (AvgIpc) is 2.89. The van der Waals surface area contributed by atoms with Gasteiger partial charge in [0.25, 0.3) is 0 Å². The Labute approximate surface area is 120 Å². The number of hydrogen-bond donors (Lipinski definition) is 1. The first-order chi connectivity index (χ1) is 9.99. The molecule has 0 saturated carbocycles. The number of nitrogens with one attached hydrogen (secondary N) is 1. The molecule has 0 amide bonds. The van der Waals surface area contributed by atoms with Crippen molar-refractivity contribution in [3.05, 3.63) is 41.2 Å². The SMILES string of the molecule is CCc1nc2n(n1)C(c1ccc(C(F)(F)F)cc1)CCN2. The molecule has 112 valence electrons. The van der Waals surface area contributed by atoms with E-state index in [2.05, 4.69) is 15.4 Å². The summed E-state index contributed by atoms with van der Waals surface area (Å²) >= 11 is 0. The first kappa shape index (κ1) is 13.9. The summed E-state index contributed by atoms with van der Waals surface area (Å²) in [7, 11) is 0. The summed E-state index contributed by atoms with van der Waals surface area (Å²) in [6.07, 6.45) is -2.81. The molecule has 21 heavy (non-hydrogen) atoms. The number of fused-ring (bicyclic) bond motifs is 1. The molecule has 1 aromatic heterocycles. The summed E-state index contributed by atoms with van der Waals surface area (Å²) in [4.78, 5) is 4.36. The first-order valence-corrected chi connectivity index (χ1v) is 6.85. The lowest BCUT2D eigenvalue weighted by molar-refractivity contribution is -0.137. The zero-order chi connectivity index (χ0) is 15.0. The van der Waals surface area contributed by atoms with E-state index in [1.807, 2.05) is 6.92 Å². The zero-order valence-electron chi connectivity index (χ0n) is 11.5. The number of hydrogen-bond acceptors (Lipinski definition) is 3. The van der Waals surface area contributed by atoms with Gasteiger partial charge < -0.3 is 5.32 Å². The van der Waals surface area contributed by atoms with E-state index >= 15 is 0 Å². The van der Waals surface area contributed by atoms with Gasteiger partial charge in [-0.25, -0.2) is 4.68 Å². The van der Waals surface area contributed by atoms with Crippen molar-refractivity contribution in [3.8, 4) is 0 Å². The normalized spacial score (nSPS) is 18.2. The first-order valence-electron chi connectivity index (χ1n) is 6.85. The van der Waals surface area contributed by atoms with Crippen molar-refractivity contribution in [1.82, 2.24) is 14.8 Å². The van der Waals surface area contributed by atoms with Crippen LogP contribution < -0.4 is 5.32 Å². The van der Waals surface area contributed by atoms with Crippen molar-refractivity contribution in [2.45, 2.75) is 32.0 Å². The fourth-order valence-electron chi connectivity index (χ4n) is 2.50. The smallest absolute Gasteiger partial charge is 0.354 e. The minimum Gasteiger partial charge on any atom is -0.354 e. The number of alkyl halides is 3. The van der Waals surface area contributed by atoms with E-state index < -0.39 is 11.7 Å². The monoisotopic (exact) mass is 296 g/mol. The summed E-state index contributed by atoms with van der Waals surface area (Å²) in [5, 5.41) is 7.58. The number of halogens is 3. The number of anilines is 1. The second-order valence-corrected chi connectivity index (χ2v) is 5.00. The van der Waals surface area contributed by atoms with E-state index in [4.69, 9.17) is 0 Å². The molecule has 0 fully saturated rings. The molecular weight excluding hydrogens is 281 g/mol. The third-order valence-electron chi connectivity index (χ3n) is 3.61. The lowest BCUT2D eigenvalue weighted by Crippen LogP contribution is -2.24. The predicted molar refractivity (Wildman–Crippen MR) is 72.1 cm³/mol. The molecule has 0 radical (unpaired) electrons. The molecule has 2 heterocycles. The molecule has 4 nitrogen and oxygen atoms in total. The Hall–Kier alpha value is -2.05. The van der Waals surface area contributed by atoms with Crippen molar-refractivity contribution in [3.63, 3.8) is 0 Å². The molecule has 3 rings (SSSR count). The Bertz CT molecular complexity index is 631. The number of aryl methyl sites for hydroxylation is 1. The third kappa shape index (κ3) is 2.59. The summed E-state index contributed by atoms with van der Waals surface area (Å²) < 4.78 is 39.6.